The maximum absolute atomic E-state index is 5.19. The van der Waals surface area contributed by atoms with Gasteiger partial charge in [0.1, 0.15) is 5.75 Å². The molecule has 0 aliphatic heterocycles. The molecule has 0 unspecified atom stereocenters. The summed E-state index contributed by atoms with van der Waals surface area (Å²) in [7, 11) is 1.71. The Morgan fingerprint density at radius 2 is 0.930 bits per heavy atom. The van der Waals surface area contributed by atoms with E-state index in [2.05, 4.69) is 134 Å². The zero-order valence-electron chi connectivity index (χ0n) is 29.4. The molecule has 0 aliphatic carbocycles. The second-order valence-corrected chi connectivity index (χ2v) is 12.6. The first-order chi connectivity index (χ1) is 20.1. The fourth-order valence-corrected chi connectivity index (χ4v) is 4.15. The molecule has 0 N–H and O–H groups in total. The zero-order valence-corrected chi connectivity index (χ0v) is 29.4. The van der Waals surface area contributed by atoms with E-state index < -0.39 is 0 Å². The van der Waals surface area contributed by atoms with Crippen molar-refractivity contribution in [3.05, 3.63) is 118 Å². The molecule has 234 valence electrons. The monoisotopic (exact) mass is 583 g/mol. The van der Waals surface area contributed by atoms with Gasteiger partial charge in [-0.25, -0.2) is 0 Å². The minimum Gasteiger partial charge on any atom is -0.497 e. The molecule has 0 aliphatic rings. The molecule has 1 aromatic carbocycles. The number of pyridine rings is 3. The Morgan fingerprint density at radius 3 is 1.28 bits per heavy atom. The van der Waals surface area contributed by atoms with Crippen molar-refractivity contribution in [2.45, 2.75) is 114 Å². The number of rotatable bonds is 5. The summed E-state index contributed by atoms with van der Waals surface area (Å²) >= 11 is 0. The molecule has 0 fully saturated rings. The second-order valence-electron chi connectivity index (χ2n) is 12.6. The van der Waals surface area contributed by atoms with Gasteiger partial charge in [-0.2, -0.15) is 0 Å². The summed E-state index contributed by atoms with van der Waals surface area (Å²) in [5.41, 5.74) is 11.2. The summed E-state index contributed by atoms with van der Waals surface area (Å²) in [5, 5.41) is 0. The number of methoxy groups -OCH3 is 1. The van der Waals surface area contributed by atoms with Crippen molar-refractivity contribution in [1.29, 1.82) is 0 Å². The predicted octanol–water partition coefficient (Wildman–Crippen LogP) is 11.0. The normalized spacial score (nSPS) is 10.5. The second kappa shape index (κ2) is 18.9. The van der Waals surface area contributed by atoms with Gasteiger partial charge in [-0.15, -0.1) is 0 Å². The van der Waals surface area contributed by atoms with E-state index in [9.17, 15) is 0 Å². The SMILES string of the molecule is COc1cc(C)cc(C(C)C)c1.Cc1cc(C)nc(C(C)C)c1.Cc1ccnc(C(C)C)c1.Cc1ccnc(C(C)C)c1. The standard InChI is InChI=1S/C11H16O.C10H15N.2C9H13N/c1-8(2)10-5-9(3)6-11(7-10)12-4;1-7(2)10-6-8(3)5-9(4)11-10;2*1-7(2)9-6-8(3)4-5-10-9/h5-8H,1-4H3;5-7H,1-4H3;2*4-7H,1-3H3. The van der Waals surface area contributed by atoms with Crippen LogP contribution in [0.2, 0.25) is 0 Å². The molecule has 3 heterocycles. The Morgan fingerprint density at radius 1 is 0.488 bits per heavy atom. The van der Waals surface area contributed by atoms with Crippen molar-refractivity contribution in [2.75, 3.05) is 7.11 Å². The summed E-state index contributed by atoms with van der Waals surface area (Å²) < 4.78 is 5.19. The smallest absolute Gasteiger partial charge is 0.119 e. The van der Waals surface area contributed by atoms with E-state index in [-0.39, 0.29) is 0 Å². The Bertz CT molecular complexity index is 1300. The summed E-state index contributed by atoms with van der Waals surface area (Å²) in [4.78, 5) is 12.9. The maximum Gasteiger partial charge on any atom is 0.119 e. The van der Waals surface area contributed by atoms with Crippen LogP contribution in [0.4, 0.5) is 0 Å². The summed E-state index contributed by atoms with van der Waals surface area (Å²) in [6, 6.07) is 18.9. The minimum atomic E-state index is 0.536. The number of benzene rings is 1. The van der Waals surface area contributed by atoms with Crippen molar-refractivity contribution in [1.82, 2.24) is 15.0 Å². The number of hydrogen-bond acceptors (Lipinski definition) is 4. The van der Waals surface area contributed by atoms with Crippen LogP contribution in [0.15, 0.2) is 67.0 Å². The average Bonchev–Trinajstić information content (AvgIpc) is 2.93. The maximum atomic E-state index is 5.19. The van der Waals surface area contributed by atoms with Gasteiger partial charge in [0.15, 0.2) is 0 Å². The highest BCUT2D eigenvalue weighted by Gasteiger charge is 2.03. The van der Waals surface area contributed by atoms with Crippen molar-refractivity contribution >= 4 is 0 Å². The van der Waals surface area contributed by atoms with E-state index in [1.807, 2.05) is 37.5 Å². The van der Waals surface area contributed by atoms with E-state index in [1.165, 1.54) is 44.9 Å². The molecule has 4 rings (SSSR count). The number of nitrogens with zero attached hydrogens (tertiary/aromatic N) is 3. The molecule has 0 saturated carbocycles. The third kappa shape index (κ3) is 15.0. The molecule has 0 bridgehead atoms. The van der Waals surface area contributed by atoms with Crippen molar-refractivity contribution in [2.24, 2.45) is 0 Å². The number of aryl methyl sites for hydroxylation is 5. The Kier molecular flexibility index (Phi) is 16.5. The molecule has 4 heteroatoms. The molecule has 43 heavy (non-hydrogen) atoms. The first kappa shape index (κ1) is 37.5. The Balaban J connectivity index is 0.000000287. The predicted molar refractivity (Wildman–Crippen MR) is 186 cm³/mol. The van der Waals surface area contributed by atoms with Crippen LogP contribution in [0.5, 0.6) is 5.75 Å². The fourth-order valence-electron chi connectivity index (χ4n) is 4.15. The molecule has 0 spiro atoms. The molecule has 4 aromatic rings. The van der Waals surface area contributed by atoms with Crippen LogP contribution in [0, 0.1) is 34.6 Å². The van der Waals surface area contributed by atoms with Gasteiger partial charge in [-0.1, -0.05) is 61.5 Å². The number of ether oxygens (including phenoxy) is 1. The van der Waals surface area contributed by atoms with E-state index >= 15 is 0 Å². The van der Waals surface area contributed by atoms with Gasteiger partial charge in [-0.05, 0) is 135 Å². The number of aromatic nitrogens is 3. The highest BCUT2D eigenvalue weighted by Crippen LogP contribution is 2.22. The topological polar surface area (TPSA) is 47.9 Å². The van der Waals surface area contributed by atoms with Gasteiger partial charge in [0.2, 0.25) is 0 Å². The molecule has 4 nitrogen and oxygen atoms in total. The highest BCUT2D eigenvalue weighted by molar-refractivity contribution is 5.35. The van der Waals surface area contributed by atoms with Crippen LogP contribution in [-0.2, 0) is 0 Å². The van der Waals surface area contributed by atoms with Gasteiger partial charge in [0, 0.05) is 35.2 Å². The lowest BCUT2D eigenvalue weighted by atomic mass is 10.0. The molecule has 0 amide bonds. The first-order valence-electron chi connectivity index (χ1n) is 15.6. The first-order valence-corrected chi connectivity index (χ1v) is 15.6. The van der Waals surface area contributed by atoms with Crippen molar-refractivity contribution < 1.29 is 4.74 Å². The summed E-state index contributed by atoms with van der Waals surface area (Å²) in [6.45, 7) is 27.8. The van der Waals surface area contributed by atoms with Crippen molar-refractivity contribution in [3.63, 3.8) is 0 Å². The van der Waals surface area contributed by atoms with Gasteiger partial charge in [-0.3, -0.25) is 15.0 Å². The quantitative estimate of drug-likeness (QED) is 0.234. The van der Waals surface area contributed by atoms with E-state index in [1.54, 1.807) is 7.11 Å². The van der Waals surface area contributed by atoms with Crippen LogP contribution in [0.3, 0.4) is 0 Å². The lowest BCUT2D eigenvalue weighted by Gasteiger charge is -2.08. The lowest BCUT2D eigenvalue weighted by molar-refractivity contribution is 0.413. The molecular weight excluding hydrogens is 526 g/mol. The zero-order chi connectivity index (χ0) is 32.7. The largest absolute Gasteiger partial charge is 0.497 e. The average molecular weight is 584 g/mol. The van der Waals surface area contributed by atoms with Crippen LogP contribution >= 0.6 is 0 Å². The van der Waals surface area contributed by atoms with Crippen molar-refractivity contribution in [3.8, 4) is 5.75 Å². The molecule has 0 radical (unpaired) electrons. The van der Waals surface area contributed by atoms with E-state index in [0.29, 0.717) is 23.7 Å². The highest BCUT2D eigenvalue weighted by atomic mass is 16.5. The summed E-state index contributed by atoms with van der Waals surface area (Å²) in [6.07, 6.45) is 3.73. The Labute approximate surface area is 263 Å². The third-order valence-electron chi connectivity index (χ3n) is 6.74. The molecular formula is C39H57N3O. The third-order valence-corrected chi connectivity index (χ3v) is 6.74. The van der Waals surface area contributed by atoms with Gasteiger partial charge in [0.25, 0.3) is 0 Å². The molecule has 0 saturated heterocycles. The van der Waals surface area contributed by atoms with Crippen LogP contribution in [0.25, 0.3) is 0 Å². The van der Waals surface area contributed by atoms with Crippen LogP contribution in [0.1, 0.15) is 130 Å². The molecule has 3 aromatic heterocycles. The lowest BCUT2D eigenvalue weighted by Crippen LogP contribution is -1.95. The Hall–Kier alpha value is -3.53. The van der Waals surface area contributed by atoms with Crippen LogP contribution < -0.4 is 4.74 Å². The van der Waals surface area contributed by atoms with E-state index in [0.717, 1.165) is 11.4 Å². The van der Waals surface area contributed by atoms with Gasteiger partial charge in [0.05, 0.1) is 7.11 Å². The van der Waals surface area contributed by atoms with Crippen LogP contribution in [-0.4, -0.2) is 22.1 Å². The number of hydrogen-bond donors (Lipinski definition) is 0. The molecule has 0 atom stereocenters. The van der Waals surface area contributed by atoms with Gasteiger partial charge < -0.3 is 4.74 Å². The van der Waals surface area contributed by atoms with E-state index in [4.69, 9.17) is 4.74 Å². The fraction of sp³-hybridized carbons (Fsp3) is 0.462. The summed E-state index contributed by atoms with van der Waals surface area (Å²) in [5.74, 6) is 3.14. The van der Waals surface area contributed by atoms with Gasteiger partial charge >= 0.3 is 0 Å². The minimum absolute atomic E-state index is 0.536.